The summed E-state index contributed by atoms with van der Waals surface area (Å²) in [6, 6.07) is 15.6. The Kier molecular flexibility index (Phi) is 4.99. The largest absolute Gasteiger partial charge is 0.346 e. The van der Waals surface area contributed by atoms with Crippen LogP contribution in [0, 0.1) is 25.2 Å². The minimum Gasteiger partial charge on any atom is -0.346 e. The van der Waals surface area contributed by atoms with E-state index in [9.17, 15) is 0 Å². The van der Waals surface area contributed by atoms with Crippen molar-refractivity contribution in [1.82, 2.24) is 24.7 Å². The molecule has 0 aliphatic rings. The standard InChI is InChI=1S/C25H22N8/c1-15-10-18(19-13-27-28-14-19)11-16(2)22(15)31-24-23-21(8-9-33(23)3)30-25(32-24)29-20-6-4-17(12-26)5-7-20/h4-11,13-14H,1-3H3,(H,27,28)(H2,29,30,31,32). The number of aryl methyl sites for hydroxylation is 3. The fraction of sp³-hybridized carbons (Fsp3) is 0.120. The highest BCUT2D eigenvalue weighted by Crippen LogP contribution is 2.32. The molecule has 5 aromatic rings. The van der Waals surface area contributed by atoms with Gasteiger partial charge in [-0.2, -0.15) is 15.3 Å². The van der Waals surface area contributed by atoms with E-state index >= 15 is 0 Å². The molecular weight excluding hydrogens is 412 g/mol. The highest BCUT2D eigenvalue weighted by atomic mass is 15.2. The highest BCUT2D eigenvalue weighted by Gasteiger charge is 2.15. The molecule has 33 heavy (non-hydrogen) atoms. The number of hydrogen-bond acceptors (Lipinski definition) is 6. The van der Waals surface area contributed by atoms with Gasteiger partial charge < -0.3 is 15.2 Å². The number of nitriles is 1. The zero-order valence-electron chi connectivity index (χ0n) is 18.5. The molecule has 0 saturated heterocycles. The average molecular weight is 435 g/mol. The summed E-state index contributed by atoms with van der Waals surface area (Å²) in [4.78, 5) is 9.46. The Hall–Kier alpha value is -4.64. The number of aromatic nitrogens is 5. The summed E-state index contributed by atoms with van der Waals surface area (Å²) in [7, 11) is 1.98. The van der Waals surface area contributed by atoms with Gasteiger partial charge in [-0.05, 0) is 73.0 Å². The third-order valence-electron chi connectivity index (χ3n) is 5.60. The molecule has 8 heteroatoms. The number of hydrogen-bond donors (Lipinski definition) is 3. The van der Waals surface area contributed by atoms with E-state index < -0.39 is 0 Å². The topological polar surface area (TPSA) is 107 Å². The molecule has 0 amide bonds. The molecule has 0 unspecified atom stereocenters. The zero-order chi connectivity index (χ0) is 22.9. The van der Waals surface area contributed by atoms with Gasteiger partial charge in [-0.1, -0.05) is 0 Å². The molecule has 3 N–H and O–H groups in total. The number of benzene rings is 2. The predicted octanol–water partition coefficient (Wildman–Crippen LogP) is 5.33. The van der Waals surface area contributed by atoms with E-state index in [0.717, 1.165) is 44.7 Å². The van der Waals surface area contributed by atoms with Crippen LogP contribution in [0.1, 0.15) is 16.7 Å². The number of anilines is 4. The van der Waals surface area contributed by atoms with Crippen molar-refractivity contribution in [1.29, 1.82) is 5.26 Å². The smallest absolute Gasteiger partial charge is 0.229 e. The minimum atomic E-state index is 0.478. The van der Waals surface area contributed by atoms with Gasteiger partial charge in [-0.25, -0.2) is 4.98 Å². The summed E-state index contributed by atoms with van der Waals surface area (Å²) in [5.41, 5.74) is 8.54. The number of H-pyrrole nitrogens is 1. The first kappa shape index (κ1) is 20.3. The van der Waals surface area contributed by atoms with Crippen molar-refractivity contribution in [3.63, 3.8) is 0 Å². The SMILES string of the molecule is Cc1cc(-c2cn[nH]c2)cc(C)c1Nc1nc(Nc2ccc(C#N)cc2)nc2ccn(C)c12. The number of nitrogens with one attached hydrogen (secondary N) is 3. The van der Waals surface area contributed by atoms with E-state index in [1.807, 2.05) is 48.4 Å². The lowest BCUT2D eigenvalue weighted by molar-refractivity contribution is 0.964. The summed E-state index contributed by atoms with van der Waals surface area (Å²) < 4.78 is 2.01. The Morgan fingerprint density at radius 1 is 0.970 bits per heavy atom. The molecule has 8 nitrogen and oxygen atoms in total. The third kappa shape index (κ3) is 3.88. The van der Waals surface area contributed by atoms with Crippen molar-refractivity contribution in [3.05, 3.63) is 77.7 Å². The van der Waals surface area contributed by atoms with Crippen molar-refractivity contribution < 1.29 is 0 Å². The first-order chi connectivity index (χ1) is 16.0. The first-order valence-electron chi connectivity index (χ1n) is 10.5. The van der Waals surface area contributed by atoms with Crippen LogP contribution in [0.3, 0.4) is 0 Å². The van der Waals surface area contributed by atoms with E-state index in [2.05, 4.69) is 57.9 Å². The van der Waals surface area contributed by atoms with Crippen LogP contribution in [0.2, 0.25) is 0 Å². The maximum absolute atomic E-state index is 9.02. The zero-order valence-corrected chi connectivity index (χ0v) is 18.5. The summed E-state index contributed by atoms with van der Waals surface area (Å²) in [5, 5.41) is 22.7. The normalized spacial score (nSPS) is 10.8. The fourth-order valence-corrected chi connectivity index (χ4v) is 3.95. The third-order valence-corrected chi connectivity index (χ3v) is 5.60. The summed E-state index contributed by atoms with van der Waals surface area (Å²) in [6.07, 6.45) is 5.68. The molecule has 0 saturated carbocycles. The fourth-order valence-electron chi connectivity index (χ4n) is 3.95. The van der Waals surface area contributed by atoms with Gasteiger partial charge in [0.25, 0.3) is 0 Å². The Morgan fingerprint density at radius 2 is 1.73 bits per heavy atom. The van der Waals surface area contributed by atoms with E-state index in [1.165, 1.54) is 0 Å². The first-order valence-corrected chi connectivity index (χ1v) is 10.5. The van der Waals surface area contributed by atoms with Gasteiger partial charge in [0, 0.05) is 36.4 Å². The lowest BCUT2D eigenvalue weighted by atomic mass is 10.0. The molecule has 0 spiro atoms. The van der Waals surface area contributed by atoms with Crippen molar-refractivity contribution in [2.75, 3.05) is 10.6 Å². The number of nitrogens with zero attached hydrogens (tertiary/aromatic N) is 5. The van der Waals surface area contributed by atoms with Crippen LogP contribution in [-0.2, 0) is 7.05 Å². The Bertz CT molecular complexity index is 1470. The number of fused-ring (bicyclic) bond motifs is 1. The lowest BCUT2D eigenvalue weighted by Gasteiger charge is -2.16. The van der Waals surface area contributed by atoms with Gasteiger partial charge >= 0.3 is 0 Å². The second-order valence-corrected chi connectivity index (χ2v) is 7.97. The maximum Gasteiger partial charge on any atom is 0.229 e. The molecule has 0 atom stereocenters. The average Bonchev–Trinajstić information content (AvgIpc) is 3.47. The second kappa shape index (κ2) is 8.13. The van der Waals surface area contributed by atoms with Gasteiger partial charge in [0.05, 0.1) is 23.3 Å². The Balaban J connectivity index is 1.53. The van der Waals surface area contributed by atoms with Crippen LogP contribution in [0.4, 0.5) is 23.1 Å². The Labute approximate surface area is 190 Å². The van der Waals surface area contributed by atoms with Gasteiger partial charge in [0.1, 0.15) is 5.52 Å². The van der Waals surface area contributed by atoms with Gasteiger partial charge in [0.15, 0.2) is 5.82 Å². The summed E-state index contributed by atoms with van der Waals surface area (Å²) in [6.45, 7) is 4.16. The molecule has 0 radical (unpaired) electrons. The van der Waals surface area contributed by atoms with E-state index in [1.54, 1.807) is 12.1 Å². The van der Waals surface area contributed by atoms with Gasteiger partial charge in [0.2, 0.25) is 5.95 Å². The molecule has 2 aromatic carbocycles. The predicted molar refractivity (Wildman–Crippen MR) is 130 cm³/mol. The molecule has 3 aromatic heterocycles. The molecule has 162 valence electrons. The van der Waals surface area contributed by atoms with Crippen molar-refractivity contribution in [3.8, 4) is 17.2 Å². The molecule has 5 rings (SSSR count). The highest BCUT2D eigenvalue weighted by molar-refractivity contribution is 5.90. The minimum absolute atomic E-state index is 0.478. The molecular formula is C25H22N8. The number of aromatic amines is 1. The van der Waals surface area contributed by atoms with Crippen LogP contribution in [-0.4, -0.2) is 24.7 Å². The van der Waals surface area contributed by atoms with Crippen molar-refractivity contribution in [2.45, 2.75) is 13.8 Å². The van der Waals surface area contributed by atoms with E-state index in [4.69, 9.17) is 10.2 Å². The van der Waals surface area contributed by atoms with Crippen LogP contribution < -0.4 is 10.6 Å². The molecule has 0 fully saturated rings. The van der Waals surface area contributed by atoms with E-state index in [-0.39, 0.29) is 0 Å². The molecule has 3 heterocycles. The second-order valence-electron chi connectivity index (χ2n) is 7.97. The lowest BCUT2D eigenvalue weighted by Crippen LogP contribution is -2.05. The molecule has 0 aliphatic carbocycles. The van der Waals surface area contributed by atoms with Crippen LogP contribution >= 0.6 is 0 Å². The number of rotatable bonds is 5. The van der Waals surface area contributed by atoms with E-state index in [0.29, 0.717) is 17.3 Å². The van der Waals surface area contributed by atoms with Crippen LogP contribution in [0.15, 0.2) is 61.1 Å². The monoisotopic (exact) mass is 434 g/mol. The quantitative estimate of drug-likeness (QED) is 0.345. The van der Waals surface area contributed by atoms with Crippen LogP contribution in [0.5, 0.6) is 0 Å². The van der Waals surface area contributed by atoms with Crippen LogP contribution in [0.25, 0.3) is 22.2 Å². The molecule has 0 bridgehead atoms. The van der Waals surface area contributed by atoms with Gasteiger partial charge in [-0.15, -0.1) is 0 Å². The van der Waals surface area contributed by atoms with Gasteiger partial charge in [-0.3, -0.25) is 5.10 Å². The van der Waals surface area contributed by atoms with Crippen molar-refractivity contribution in [2.24, 2.45) is 7.05 Å². The Morgan fingerprint density at radius 3 is 2.39 bits per heavy atom. The summed E-state index contributed by atoms with van der Waals surface area (Å²) in [5.74, 6) is 1.19. The van der Waals surface area contributed by atoms with Crippen molar-refractivity contribution >= 4 is 34.2 Å². The molecule has 0 aliphatic heterocycles. The maximum atomic E-state index is 9.02. The summed E-state index contributed by atoms with van der Waals surface area (Å²) >= 11 is 0.